The van der Waals surface area contributed by atoms with E-state index in [9.17, 15) is 4.79 Å². The molecule has 0 aromatic heterocycles. The van der Waals surface area contributed by atoms with Gasteiger partial charge in [-0.25, -0.2) is 0 Å². The van der Waals surface area contributed by atoms with Crippen molar-refractivity contribution in [2.75, 3.05) is 7.11 Å². The minimum atomic E-state index is -0.0944. The second-order valence-electron chi connectivity index (χ2n) is 6.32. The standard InChI is InChI=1S/C21H22BrN3O2S/c1-3-7-19-20(26)25(14-15-8-5-4-6-9-15)21(28-19)24-23-13-16-12-17(22)10-11-18(16)27-2/h4-6,8-13,19H,3,7,14H2,1-2H3. The van der Waals surface area contributed by atoms with Crippen LogP contribution < -0.4 is 4.74 Å². The van der Waals surface area contributed by atoms with E-state index in [1.165, 1.54) is 11.8 Å². The van der Waals surface area contributed by atoms with Crippen LogP contribution in [-0.2, 0) is 11.3 Å². The number of benzene rings is 2. The van der Waals surface area contributed by atoms with E-state index in [1.807, 2.05) is 48.5 Å². The number of rotatable bonds is 7. The van der Waals surface area contributed by atoms with E-state index in [1.54, 1.807) is 18.2 Å². The van der Waals surface area contributed by atoms with Crippen molar-refractivity contribution in [3.63, 3.8) is 0 Å². The molecule has 2 aromatic carbocycles. The van der Waals surface area contributed by atoms with Gasteiger partial charge in [0.05, 0.1) is 25.1 Å². The van der Waals surface area contributed by atoms with Gasteiger partial charge in [0.2, 0.25) is 5.91 Å². The van der Waals surface area contributed by atoms with Crippen molar-refractivity contribution >= 4 is 45.0 Å². The van der Waals surface area contributed by atoms with Crippen LogP contribution in [0.25, 0.3) is 0 Å². The summed E-state index contributed by atoms with van der Waals surface area (Å²) in [5.41, 5.74) is 1.88. The van der Waals surface area contributed by atoms with Crippen molar-refractivity contribution in [3.8, 4) is 5.75 Å². The van der Waals surface area contributed by atoms with E-state index in [2.05, 4.69) is 33.1 Å². The smallest absolute Gasteiger partial charge is 0.242 e. The number of halogens is 1. The van der Waals surface area contributed by atoms with Gasteiger partial charge in [-0.3, -0.25) is 9.69 Å². The quantitative estimate of drug-likeness (QED) is 0.427. The molecule has 1 heterocycles. The SMILES string of the molecule is CCCC1SC(=NN=Cc2cc(Br)ccc2OC)N(Cc2ccccc2)C1=O. The lowest BCUT2D eigenvalue weighted by Crippen LogP contribution is -2.31. The molecule has 1 amide bonds. The molecule has 1 unspecified atom stereocenters. The molecule has 0 aliphatic carbocycles. The van der Waals surface area contributed by atoms with Gasteiger partial charge in [0, 0.05) is 10.0 Å². The highest BCUT2D eigenvalue weighted by Crippen LogP contribution is 2.31. The monoisotopic (exact) mass is 459 g/mol. The number of thioether (sulfide) groups is 1. The fourth-order valence-electron chi connectivity index (χ4n) is 2.89. The molecule has 1 saturated heterocycles. The van der Waals surface area contributed by atoms with Crippen LogP contribution in [0.5, 0.6) is 5.75 Å². The van der Waals surface area contributed by atoms with E-state index < -0.39 is 0 Å². The molecule has 1 fully saturated rings. The van der Waals surface area contributed by atoms with Crippen molar-refractivity contribution < 1.29 is 9.53 Å². The van der Waals surface area contributed by atoms with Gasteiger partial charge in [-0.2, -0.15) is 5.10 Å². The number of methoxy groups -OCH3 is 1. The number of nitrogens with zero attached hydrogens (tertiary/aromatic N) is 3. The highest BCUT2D eigenvalue weighted by Gasteiger charge is 2.37. The number of hydrogen-bond donors (Lipinski definition) is 0. The van der Waals surface area contributed by atoms with Gasteiger partial charge in [0.15, 0.2) is 5.17 Å². The van der Waals surface area contributed by atoms with E-state index >= 15 is 0 Å². The van der Waals surface area contributed by atoms with Crippen LogP contribution in [0.15, 0.2) is 63.2 Å². The first kappa shape index (κ1) is 20.6. The Balaban J connectivity index is 1.84. The lowest BCUT2D eigenvalue weighted by Gasteiger charge is -2.15. The first-order valence-corrected chi connectivity index (χ1v) is 10.8. The Labute approximate surface area is 178 Å². The summed E-state index contributed by atoms with van der Waals surface area (Å²) in [5, 5.41) is 9.15. The summed E-state index contributed by atoms with van der Waals surface area (Å²) in [5.74, 6) is 0.817. The Hall–Kier alpha value is -2.12. The van der Waals surface area contributed by atoms with Gasteiger partial charge in [0.1, 0.15) is 5.75 Å². The third-order valence-electron chi connectivity index (χ3n) is 4.29. The zero-order chi connectivity index (χ0) is 19.9. The Morgan fingerprint density at radius 3 is 2.75 bits per heavy atom. The van der Waals surface area contributed by atoms with Gasteiger partial charge in [0.25, 0.3) is 0 Å². The second-order valence-corrected chi connectivity index (χ2v) is 8.40. The fraction of sp³-hybridized carbons (Fsp3) is 0.286. The van der Waals surface area contributed by atoms with Crippen molar-refractivity contribution in [3.05, 3.63) is 64.1 Å². The number of hydrogen-bond acceptors (Lipinski definition) is 5. The summed E-state index contributed by atoms with van der Waals surface area (Å²) >= 11 is 4.94. The maximum atomic E-state index is 12.8. The molecule has 3 rings (SSSR count). The van der Waals surface area contributed by atoms with Crippen molar-refractivity contribution in [2.45, 2.75) is 31.6 Å². The third kappa shape index (κ3) is 5.02. The van der Waals surface area contributed by atoms with Crippen molar-refractivity contribution in [1.82, 2.24) is 4.90 Å². The third-order valence-corrected chi connectivity index (χ3v) is 6.01. The Bertz CT molecular complexity index is 886. The van der Waals surface area contributed by atoms with Crippen LogP contribution in [0, 0.1) is 0 Å². The average Bonchev–Trinajstić information content (AvgIpc) is 2.98. The average molecular weight is 460 g/mol. The fourth-order valence-corrected chi connectivity index (χ4v) is 4.48. The molecule has 1 aliphatic heterocycles. The molecule has 5 nitrogen and oxygen atoms in total. The maximum Gasteiger partial charge on any atom is 0.242 e. The van der Waals surface area contributed by atoms with Gasteiger partial charge in [-0.05, 0) is 30.2 Å². The van der Waals surface area contributed by atoms with E-state index in [0.717, 1.165) is 28.4 Å². The molecule has 7 heteroatoms. The minimum absolute atomic E-state index is 0.0944. The summed E-state index contributed by atoms with van der Waals surface area (Å²) in [6.07, 6.45) is 3.43. The molecule has 28 heavy (non-hydrogen) atoms. The lowest BCUT2D eigenvalue weighted by atomic mass is 10.2. The minimum Gasteiger partial charge on any atom is -0.496 e. The highest BCUT2D eigenvalue weighted by atomic mass is 79.9. The number of carbonyl (C=O) groups is 1. The highest BCUT2D eigenvalue weighted by molar-refractivity contribution is 9.10. The van der Waals surface area contributed by atoms with Gasteiger partial charge < -0.3 is 4.74 Å². The van der Waals surface area contributed by atoms with Crippen LogP contribution >= 0.6 is 27.7 Å². The maximum absolute atomic E-state index is 12.8. The molecule has 0 radical (unpaired) electrons. The van der Waals surface area contributed by atoms with Gasteiger partial charge in [-0.1, -0.05) is 71.4 Å². The molecule has 0 saturated carbocycles. The number of carbonyl (C=O) groups excluding carboxylic acids is 1. The molecular weight excluding hydrogens is 438 g/mol. The normalized spacial score (nSPS) is 18.4. The lowest BCUT2D eigenvalue weighted by molar-refractivity contribution is -0.126. The topological polar surface area (TPSA) is 54.3 Å². The molecule has 0 N–H and O–H groups in total. The number of amidine groups is 1. The van der Waals surface area contributed by atoms with Crippen LogP contribution in [0.2, 0.25) is 0 Å². The molecular formula is C21H22BrN3O2S. The second kappa shape index (κ2) is 9.89. The number of ether oxygens (including phenoxy) is 1. The molecule has 0 bridgehead atoms. The predicted molar refractivity (Wildman–Crippen MR) is 119 cm³/mol. The molecule has 1 atom stereocenters. The van der Waals surface area contributed by atoms with E-state index in [0.29, 0.717) is 17.5 Å². The zero-order valence-corrected chi connectivity index (χ0v) is 18.2. The summed E-state index contributed by atoms with van der Waals surface area (Å²) in [4.78, 5) is 14.6. The van der Waals surface area contributed by atoms with Crippen LogP contribution in [0.4, 0.5) is 0 Å². The Morgan fingerprint density at radius 1 is 1.25 bits per heavy atom. The van der Waals surface area contributed by atoms with E-state index in [4.69, 9.17) is 4.74 Å². The first-order chi connectivity index (χ1) is 13.6. The molecule has 2 aromatic rings. The predicted octanol–water partition coefficient (Wildman–Crippen LogP) is 5.09. The largest absolute Gasteiger partial charge is 0.496 e. The summed E-state index contributed by atoms with van der Waals surface area (Å²) in [6.45, 7) is 2.59. The van der Waals surface area contributed by atoms with Gasteiger partial charge in [-0.15, -0.1) is 5.10 Å². The molecule has 146 valence electrons. The Morgan fingerprint density at radius 2 is 2.04 bits per heavy atom. The zero-order valence-electron chi connectivity index (χ0n) is 15.8. The summed E-state index contributed by atoms with van der Waals surface area (Å²) < 4.78 is 6.29. The molecule has 1 aliphatic rings. The van der Waals surface area contributed by atoms with Crippen LogP contribution in [0.1, 0.15) is 30.9 Å². The van der Waals surface area contributed by atoms with Crippen molar-refractivity contribution in [1.29, 1.82) is 0 Å². The van der Waals surface area contributed by atoms with Crippen molar-refractivity contribution in [2.24, 2.45) is 10.2 Å². The Kier molecular flexibility index (Phi) is 7.28. The van der Waals surface area contributed by atoms with Crippen LogP contribution in [-0.4, -0.2) is 34.5 Å². The van der Waals surface area contributed by atoms with Gasteiger partial charge >= 0.3 is 0 Å². The first-order valence-electron chi connectivity index (χ1n) is 9.09. The number of amides is 1. The summed E-state index contributed by atoms with van der Waals surface area (Å²) in [6, 6.07) is 15.6. The molecule has 0 spiro atoms. The summed E-state index contributed by atoms with van der Waals surface area (Å²) in [7, 11) is 1.62. The van der Waals surface area contributed by atoms with E-state index in [-0.39, 0.29) is 11.2 Å². The van der Waals surface area contributed by atoms with Crippen LogP contribution in [0.3, 0.4) is 0 Å².